The summed E-state index contributed by atoms with van der Waals surface area (Å²) in [5, 5.41) is 2.40. The SMILES string of the molecule is NC(=S)c1ccc(NC(=O)c2ccc(F)c(Br)c2)c(F)c1. The highest BCUT2D eigenvalue weighted by Gasteiger charge is 2.12. The Kier molecular flexibility index (Phi) is 4.64. The van der Waals surface area contributed by atoms with Crippen LogP contribution in [0.25, 0.3) is 0 Å². The first-order valence-electron chi connectivity index (χ1n) is 5.74. The average molecular weight is 371 g/mol. The van der Waals surface area contributed by atoms with Crippen LogP contribution in [0, 0.1) is 11.6 Å². The molecule has 0 aromatic heterocycles. The van der Waals surface area contributed by atoms with Gasteiger partial charge in [0.25, 0.3) is 5.91 Å². The second-order valence-electron chi connectivity index (χ2n) is 4.14. The number of rotatable bonds is 3. The summed E-state index contributed by atoms with van der Waals surface area (Å²) in [4.78, 5) is 12.0. The molecule has 0 unspecified atom stereocenters. The maximum absolute atomic E-state index is 13.8. The van der Waals surface area contributed by atoms with Crippen molar-refractivity contribution in [1.82, 2.24) is 0 Å². The zero-order valence-electron chi connectivity index (χ0n) is 10.5. The van der Waals surface area contributed by atoms with E-state index in [-0.39, 0.29) is 20.7 Å². The monoisotopic (exact) mass is 370 g/mol. The van der Waals surface area contributed by atoms with Gasteiger partial charge < -0.3 is 11.1 Å². The van der Waals surface area contributed by atoms with E-state index in [9.17, 15) is 13.6 Å². The highest BCUT2D eigenvalue weighted by atomic mass is 79.9. The van der Waals surface area contributed by atoms with Crippen LogP contribution in [0.5, 0.6) is 0 Å². The van der Waals surface area contributed by atoms with Gasteiger partial charge in [0.15, 0.2) is 0 Å². The molecule has 0 aliphatic heterocycles. The first-order chi connectivity index (χ1) is 9.88. The van der Waals surface area contributed by atoms with Gasteiger partial charge in [0.05, 0.1) is 10.2 Å². The van der Waals surface area contributed by atoms with E-state index in [0.29, 0.717) is 5.56 Å². The zero-order chi connectivity index (χ0) is 15.6. The minimum atomic E-state index is -0.658. The highest BCUT2D eigenvalue weighted by molar-refractivity contribution is 9.10. The summed E-state index contributed by atoms with van der Waals surface area (Å²) >= 11 is 7.72. The minimum absolute atomic E-state index is 0.0135. The third-order valence-corrected chi connectivity index (χ3v) is 3.53. The lowest BCUT2D eigenvalue weighted by atomic mass is 10.1. The molecule has 0 saturated heterocycles. The van der Waals surface area contributed by atoms with E-state index in [0.717, 1.165) is 12.1 Å². The molecule has 7 heteroatoms. The van der Waals surface area contributed by atoms with Crippen LogP contribution in [0.4, 0.5) is 14.5 Å². The summed E-state index contributed by atoms with van der Waals surface area (Å²) < 4.78 is 27.1. The molecule has 0 aliphatic carbocycles. The normalized spacial score (nSPS) is 10.2. The lowest BCUT2D eigenvalue weighted by molar-refractivity contribution is 0.102. The number of thiocarbonyl (C=S) groups is 1. The van der Waals surface area contributed by atoms with E-state index in [1.165, 1.54) is 24.3 Å². The summed E-state index contributed by atoms with van der Waals surface area (Å²) in [5.41, 5.74) is 5.94. The van der Waals surface area contributed by atoms with Gasteiger partial charge in [-0.15, -0.1) is 0 Å². The lowest BCUT2D eigenvalue weighted by Crippen LogP contribution is -2.14. The summed E-state index contributed by atoms with van der Waals surface area (Å²) in [7, 11) is 0. The molecule has 0 spiro atoms. The second kappa shape index (κ2) is 6.28. The molecule has 2 aromatic rings. The van der Waals surface area contributed by atoms with E-state index in [2.05, 4.69) is 21.2 Å². The van der Waals surface area contributed by atoms with Crippen LogP contribution < -0.4 is 11.1 Å². The van der Waals surface area contributed by atoms with Crippen LogP contribution in [-0.2, 0) is 0 Å². The Hall–Kier alpha value is -1.86. The fourth-order valence-electron chi connectivity index (χ4n) is 1.60. The molecule has 0 bridgehead atoms. The largest absolute Gasteiger partial charge is 0.389 e. The molecule has 0 atom stereocenters. The molecular formula is C14H9BrF2N2OS. The van der Waals surface area contributed by atoms with Gasteiger partial charge in [-0.3, -0.25) is 4.79 Å². The van der Waals surface area contributed by atoms with Crippen LogP contribution >= 0.6 is 28.1 Å². The first kappa shape index (κ1) is 15.5. The maximum atomic E-state index is 13.8. The van der Waals surface area contributed by atoms with Gasteiger partial charge in [-0.25, -0.2) is 8.78 Å². The fourth-order valence-corrected chi connectivity index (χ4v) is 2.11. The predicted molar refractivity (Wildman–Crippen MR) is 84.3 cm³/mol. The van der Waals surface area contributed by atoms with Crippen LogP contribution in [-0.4, -0.2) is 10.9 Å². The van der Waals surface area contributed by atoms with Gasteiger partial charge in [-0.05, 0) is 52.3 Å². The number of hydrogen-bond acceptors (Lipinski definition) is 2. The molecule has 0 heterocycles. The molecule has 0 radical (unpaired) electrons. The number of carbonyl (C=O) groups excluding carboxylic acids is 1. The number of nitrogens with two attached hydrogens (primary N) is 1. The van der Waals surface area contributed by atoms with Crippen LogP contribution in [0.2, 0.25) is 0 Å². The number of anilines is 1. The summed E-state index contributed by atoms with van der Waals surface area (Å²) in [6, 6.07) is 7.76. The van der Waals surface area contributed by atoms with Gasteiger partial charge >= 0.3 is 0 Å². The number of amides is 1. The topological polar surface area (TPSA) is 55.1 Å². The van der Waals surface area contributed by atoms with Gasteiger partial charge in [0.2, 0.25) is 0 Å². The van der Waals surface area contributed by atoms with E-state index in [1.807, 2.05) is 0 Å². The number of nitrogens with one attached hydrogen (secondary N) is 1. The first-order valence-corrected chi connectivity index (χ1v) is 6.94. The summed E-state index contributed by atoms with van der Waals surface area (Å²) in [5.74, 6) is -1.70. The van der Waals surface area contributed by atoms with Crippen LogP contribution in [0.15, 0.2) is 40.9 Å². The fraction of sp³-hybridized carbons (Fsp3) is 0. The molecule has 0 saturated carbocycles. The van der Waals surface area contributed by atoms with Crippen molar-refractivity contribution >= 4 is 44.7 Å². The van der Waals surface area contributed by atoms with Crippen molar-refractivity contribution in [2.75, 3.05) is 5.32 Å². The Morgan fingerprint density at radius 1 is 1.10 bits per heavy atom. The summed E-state index contributed by atoms with van der Waals surface area (Å²) in [6.07, 6.45) is 0. The molecule has 3 N–H and O–H groups in total. The van der Waals surface area contributed by atoms with Crippen molar-refractivity contribution in [3.05, 3.63) is 63.6 Å². The number of halogens is 3. The maximum Gasteiger partial charge on any atom is 0.255 e. The molecule has 2 rings (SSSR count). The van der Waals surface area contributed by atoms with Gasteiger partial charge in [0.1, 0.15) is 16.6 Å². The van der Waals surface area contributed by atoms with Crippen LogP contribution in [0.1, 0.15) is 15.9 Å². The predicted octanol–water partition coefficient (Wildman–Crippen LogP) is 3.61. The van der Waals surface area contributed by atoms with Crippen molar-refractivity contribution in [1.29, 1.82) is 0 Å². The Balaban J connectivity index is 2.23. The zero-order valence-corrected chi connectivity index (χ0v) is 12.9. The van der Waals surface area contributed by atoms with Crippen molar-refractivity contribution in [3.8, 4) is 0 Å². The van der Waals surface area contributed by atoms with Crippen molar-refractivity contribution < 1.29 is 13.6 Å². The van der Waals surface area contributed by atoms with E-state index < -0.39 is 17.5 Å². The quantitative estimate of drug-likeness (QED) is 0.811. The van der Waals surface area contributed by atoms with Gasteiger partial charge in [-0.2, -0.15) is 0 Å². The smallest absolute Gasteiger partial charge is 0.255 e. The average Bonchev–Trinajstić information content (AvgIpc) is 2.43. The molecule has 3 nitrogen and oxygen atoms in total. The Morgan fingerprint density at radius 2 is 1.76 bits per heavy atom. The van der Waals surface area contributed by atoms with E-state index in [4.69, 9.17) is 18.0 Å². The number of carbonyl (C=O) groups is 1. The third-order valence-electron chi connectivity index (χ3n) is 2.68. The molecule has 0 aliphatic rings. The molecule has 0 fully saturated rings. The molecular weight excluding hydrogens is 362 g/mol. The highest BCUT2D eigenvalue weighted by Crippen LogP contribution is 2.20. The molecule has 108 valence electrons. The molecule has 1 amide bonds. The van der Waals surface area contributed by atoms with Gasteiger partial charge in [-0.1, -0.05) is 12.2 Å². The van der Waals surface area contributed by atoms with E-state index in [1.54, 1.807) is 0 Å². The Labute approximate surface area is 133 Å². The third kappa shape index (κ3) is 3.62. The standard InChI is InChI=1S/C14H9BrF2N2OS/c15-9-5-8(1-3-10(9)16)14(20)19-12-4-2-7(13(18)21)6-11(12)17/h1-6H,(H2,18,21)(H,19,20). The van der Waals surface area contributed by atoms with Crippen LogP contribution in [0.3, 0.4) is 0 Å². The number of hydrogen-bond donors (Lipinski definition) is 2. The molecule has 2 aromatic carbocycles. The van der Waals surface area contributed by atoms with E-state index >= 15 is 0 Å². The number of benzene rings is 2. The van der Waals surface area contributed by atoms with Crippen molar-refractivity contribution in [2.24, 2.45) is 5.73 Å². The van der Waals surface area contributed by atoms with Gasteiger partial charge in [0, 0.05) is 11.1 Å². The summed E-state index contributed by atoms with van der Waals surface area (Å²) in [6.45, 7) is 0. The van der Waals surface area contributed by atoms with Crippen molar-refractivity contribution in [3.63, 3.8) is 0 Å². The molecule has 21 heavy (non-hydrogen) atoms. The van der Waals surface area contributed by atoms with Crippen molar-refractivity contribution in [2.45, 2.75) is 0 Å². The Bertz CT molecular complexity index is 737. The minimum Gasteiger partial charge on any atom is -0.389 e. The Morgan fingerprint density at radius 3 is 2.33 bits per heavy atom. The second-order valence-corrected chi connectivity index (χ2v) is 5.44. The lowest BCUT2D eigenvalue weighted by Gasteiger charge is -2.08.